The lowest BCUT2D eigenvalue weighted by Gasteiger charge is -2.14. The molecule has 2 aromatic carbocycles. The van der Waals surface area contributed by atoms with Gasteiger partial charge in [0.05, 0.1) is 17.1 Å². The fourth-order valence-corrected chi connectivity index (χ4v) is 2.43. The standard InChI is InChI=1S/C18H19ClN2O2/c1-12(2)13-7-4-6-10-16(13)21-17(22)11-20-18(23)14-8-3-5-9-15(14)19/h3-10,12H,11H2,1-2H3,(H,20,23)(H,21,22). The molecule has 0 radical (unpaired) electrons. The molecule has 2 aromatic rings. The van der Waals surface area contributed by atoms with Crippen LogP contribution in [0.4, 0.5) is 5.69 Å². The van der Waals surface area contributed by atoms with Crippen LogP contribution in [0.15, 0.2) is 48.5 Å². The lowest BCUT2D eigenvalue weighted by molar-refractivity contribution is -0.115. The van der Waals surface area contributed by atoms with Gasteiger partial charge in [-0.1, -0.05) is 55.8 Å². The Balaban J connectivity index is 1.96. The van der Waals surface area contributed by atoms with Crippen molar-refractivity contribution in [1.82, 2.24) is 5.32 Å². The normalized spacial score (nSPS) is 10.4. The third-order valence-corrected chi connectivity index (χ3v) is 3.71. The molecule has 2 rings (SSSR count). The van der Waals surface area contributed by atoms with Gasteiger partial charge in [-0.15, -0.1) is 0 Å². The van der Waals surface area contributed by atoms with Gasteiger partial charge >= 0.3 is 0 Å². The molecule has 2 N–H and O–H groups in total. The topological polar surface area (TPSA) is 58.2 Å². The number of carbonyl (C=O) groups is 2. The van der Waals surface area contributed by atoms with E-state index < -0.39 is 0 Å². The van der Waals surface area contributed by atoms with E-state index >= 15 is 0 Å². The van der Waals surface area contributed by atoms with Gasteiger partial charge in [-0.05, 0) is 29.7 Å². The number of anilines is 1. The molecule has 0 bridgehead atoms. The summed E-state index contributed by atoms with van der Waals surface area (Å²) < 4.78 is 0. The predicted octanol–water partition coefficient (Wildman–Crippen LogP) is 3.83. The van der Waals surface area contributed by atoms with Crippen LogP contribution >= 0.6 is 11.6 Å². The third kappa shape index (κ3) is 4.57. The fraction of sp³-hybridized carbons (Fsp3) is 0.222. The Morgan fingerprint density at radius 1 is 1.04 bits per heavy atom. The monoisotopic (exact) mass is 330 g/mol. The van der Waals surface area contributed by atoms with Crippen LogP contribution in [0.2, 0.25) is 5.02 Å². The van der Waals surface area contributed by atoms with E-state index in [0.29, 0.717) is 16.5 Å². The number of amides is 2. The summed E-state index contributed by atoms with van der Waals surface area (Å²) >= 11 is 5.96. The first kappa shape index (κ1) is 17.0. The number of hydrogen-bond donors (Lipinski definition) is 2. The number of nitrogens with one attached hydrogen (secondary N) is 2. The molecule has 5 heteroatoms. The van der Waals surface area contributed by atoms with Gasteiger partial charge < -0.3 is 10.6 Å². The van der Waals surface area contributed by atoms with Crippen molar-refractivity contribution in [2.24, 2.45) is 0 Å². The Labute approximate surface area is 140 Å². The third-order valence-electron chi connectivity index (χ3n) is 3.38. The minimum atomic E-state index is -0.372. The van der Waals surface area contributed by atoms with Gasteiger partial charge in [-0.3, -0.25) is 9.59 Å². The Morgan fingerprint density at radius 2 is 1.70 bits per heavy atom. The van der Waals surface area contributed by atoms with E-state index in [2.05, 4.69) is 24.5 Å². The molecule has 4 nitrogen and oxygen atoms in total. The summed E-state index contributed by atoms with van der Waals surface area (Å²) in [4.78, 5) is 24.1. The molecular weight excluding hydrogens is 312 g/mol. The predicted molar refractivity (Wildman–Crippen MR) is 92.9 cm³/mol. The second-order valence-corrected chi connectivity index (χ2v) is 5.86. The highest BCUT2D eigenvalue weighted by molar-refractivity contribution is 6.33. The van der Waals surface area contributed by atoms with Gasteiger partial charge in [0, 0.05) is 5.69 Å². The van der Waals surface area contributed by atoms with E-state index in [9.17, 15) is 9.59 Å². The zero-order valence-electron chi connectivity index (χ0n) is 13.1. The molecule has 0 unspecified atom stereocenters. The number of rotatable bonds is 5. The van der Waals surface area contributed by atoms with Crippen molar-refractivity contribution in [2.75, 3.05) is 11.9 Å². The number of benzene rings is 2. The molecule has 0 aliphatic rings. The van der Waals surface area contributed by atoms with Crippen molar-refractivity contribution >= 4 is 29.1 Å². The number of hydrogen-bond acceptors (Lipinski definition) is 2. The molecule has 23 heavy (non-hydrogen) atoms. The van der Waals surface area contributed by atoms with Gasteiger partial charge in [0.25, 0.3) is 5.91 Å². The Bertz CT molecular complexity index is 714. The van der Waals surface area contributed by atoms with Crippen LogP contribution in [0.5, 0.6) is 0 Å². The first-order valence-corrected chi connectivity index (χ1v) is 7.78. The van der Waals surface area contributed by atoms with E-state index in [-0.39, 0.29) is 18.4 Å². The molecule has 0 spiro atoms. The summed E-state index contributed by atoms with van der Waals surface area (Å²) in [5.74, 6) is -0.356. The lowest BCUT2D eigenvalue weighted by Crippen LogP contribution is -2.33. The molecule has 0 atom stereocenters. The van der Waals surface area contributed by atoms with Crippen molar-refractivity contribution in [1.29, 1.82) is 0 Å². The van der Waals surface area contributed by atoms with Gasteiger partial charge in [0.1, 0.15) is 0 Å². The van der Waals surface area contributed by atoms with Crippen molar-refractivity contribution in [2.45, 2.75) is 19.8 Å². The number of para-hydroxylation sites is 1. The SMILES string of the molecule is CC(C)c1ccccc1NC(=O)CNC(=O)c1ccccc1Cl. The first-order chi connectivity index (χ1) is 11.0. The minimum Gasteiger partial charge on any atom is -0.343 e. The van der Waals surface area contributed by atoms with Crippen LogP contribution in [0, 0.1) is 0 Å². The zero-order valence-corrected chi connectivity index (χ0v) is 13.9. The Morgan fingerprint density at radius 3 is 2.39 bits per heavy atom. The molecular formula is C18H19ClN2O2. The highest BCUT2D eigenvalue weighted by Gasteiger charge is 2.12. The average Bonchev–Trinajstić information content (AvgIpc) is 2.53. The van der Waals surface area contributed by atoms with Crippen LogP contribution in [-0.4, -0.2) is 18.4 Å². The summed E-state index contributed by atoms with van der Waals surface area (Å²) in [5, 5.41) is 5.76. The number of carbonyl (C=O) groups excluding carboxylic acids is 2. The number of halogens is 1. The van der Waals surface area contributed by atoms with Gasteiger partial charge in [0.2, 0.25) is 5.91 Å². The summed E-state index contributed by atoms with van der Waals surface area (Å²) in [5.41, 5.74) is 2.17. The summed E-state index contributed by atoms with van der Waals surface area (Å²) in [6, 6.07) is 14.3. The molecule has 0 fully saturated rings. The lowest BCUT2D eigenvalue weighted by atomic mass is 10.0. The molecule has 0 aromatic heterocycles. The van der Waals surface area contributed by atoms with Gasteiger partial charge in [-0.25, -0.2) is 0 Å². The molecule has 0 heterocycles. The minimum absolute atomic E-state index is 0.115. The fourth-order valence-electron chi connectivity index (χ4n) is 2.21. The van der Waals surface area contributed by atoms with Gasteiger partial charge in [-0.2, -0.15) is 0 Å². The maximum atomic E-state index is 12.0. The summed E-state index contributed by atoms with van der Waals surface area (Å²) in [7, 11) is 0. The Hall–Kier alpha value is -2.33. The summed E-state index contributed by atoms with van der Waals surface area (Å²) in [6.45, 7) is 4.00. The van der Waals surface area contributed by atoms with E-state index in [4.69, 9.17) is 11.6 Å². The van der Waals surface area contributed by atoms with Crippen molar-refractivity contribution in [3.63, 3.8) is 0 Å². The smallest absolute Gasteiger partial charge is 0.253 e. The van der Waals surface area contributed by atoms with E-state index in [1.54, 1.807) is 24.3 Å². The van der Waals surface area contributed by atoms with Crippen LogP contribution in [0.25, 0.3) is 0 Å². The first-order valence-electron chi connectivity index (χ1n) is 7.40. The average molecular weight is 331 g/mol. The zero-order chi connectivity index (χ0) is 16.8. The van der Waals surface area contributed by atoms with Crippen molar-refractivity contribution in [3.8, 4) is 0 Å². The highest BCUT2D eigenvalue weighted by atomic mass is 35.5. The van der Waals surface area contributed by atoms with Gasteiger partial charge in [0.15, 0.2) is 0 Å². The maximum Gasteiger partial charge on any atom is 0.253 e. The van der Waals surface area contributed by atoms with Crippen LogP contribution in [0.3, 0.4) is 0 Å². The summed E-state index contributed by atoms with van der Waals surface area (Å²) in [6.07, 6.45) is 0. The maximum absolute atomic E-state index is 12.0. The molecule has 2 amide bonds. The van der Waals surface area contributed by atoms with Crippen LogP contribution in [-0.2, 0) is 4.79 Å². The largest absolute Gasteiger partial charge is 0.343 e. The second-order valence-electron chi connectivity index (χ2n) is 5.45. The van der Waals surface area contributed by atoms with Crippen molar-refractivity contribution in [3.05, 3.63) is 64.7 Å². The molecule has 0 saturated carbocycles. The van der Waals surface area contributed by atoms with Crippen LogP contribution in [0.1, 0.15) is 35.7 Å². The molecule has 120 valence electrons. The van der Waals surface area contributed by atoms with E-state index in [0.717, 1.165) is 11.3 Å². The van der Waals surface area contributed by atoms with Crippen LogP contribution < -0.4 is 10.6 Å². The van der Waals surface area contributed by atoms with E-state index in [1.807, 2.05) is 24.3 Å². The quantitative estimate of drug-likeness (QED) is 0.875. The molecule has 0 aliphatic carbocycles. The molecule has 0 saturated heterocycles. The highest BCUT2D eigenvalue weighted by Crippen LogP contribution is 2.23. The van der Waals surface area contributed by atoms with E-state index in [1.165, 1.54) is 0 Å². The van der Waals surface area contributed by atoms with Crippen molar-refractivity contribution < 1.29 is 9.59 Å². The Kier molecular flexibility index (Phi) is 5.77. The molecule has 0 aliphatic heterocycles. The second kappa shape index (κ2) is 7.79.